The highest BCUT2D eigenvalue weighted by Crippen LogP contribution is 2.22. The molecule has 0 unspecified atom stereocenters. The SMILES string of the molecule is Cn1ccnc1SCc1cc(C#N)ccc1F. The van der Waals surface area contributed by atoms with Crippen LogP contribution in [-0.4, -0.2) is 9.55 Å². The van der Waals surface area contributed by atoms with Crippen molar-refractivity contribution in [3.05, 3.63) is 47.5 Å². The third kappa shape index (κ3) is 2.66. The third-order valence-corrected chi connectivity index (χ3v) is 3.42. The summed E-state index contributed by atoms with van der Waals surface area (Å²) in [6.45, 7) is 0. The fourth-order valence-corrected chi connectivity index (χ4v) is 2.29. The Bertz CT molecular complexity index is 571. The number of halogens is 1. The van der Waals surface area contributed by atoms with E-state index in [1.54, 1.807) is 12.3 Å². The fraction of sp³-hybridized carbons (Fsp3) is 0.167. The van der Waals surface area contributed by atoms with Gasteiger partial charge in [0.2, 0.25) is 0 Å². The van der Waals surface area contributed by atoms with Crippen molar-refractivity contribution < 1.29 is 4.39 Å². The van der Waals surface area contributed by atoms with E-state index in [1.807, 2.05) is 23.9 Å². The Balaban J connectivity index is 2.14. The normalized spacial score (nSPS) is 10.2. The van der Waals surface area contributed by atoms with E-state index >= 15 is 0 Å². The average Bonchev–Trinajstić information content (AvgIpc) is 2.74. The van der Waals surface area contributed by atoms with Crippen LogP contribution in [0.2, 0.25) is 0 Å². The van der Waals surface area contributed by atoms with Gasteiger partial charge in [0.25, 0.3) is 0 Å². The van der Waals surface area contributed by atoms with Crippen LogP contribution in [0.3, 0.4) is 0 Å². The summed E-state index contributed by atoms with van der Waals surface area (Å²) in [4.78, 5) is 4.14. The Labute approximate surface area is 103 Å². The lowest BCUT2D eigenvalue weighted by atomic mass is 10.1. The van der Waals surface area contributed by atoms with Gasteiger partial charge in [0.05, 0.1) is 11.6 Å². The summed E-state index contributed by atoms with van der Waals surface area (Å²) >= 11 is 1.44. The molecule has 0 spiro atoms. The molecular weight excluding hydrogens is 237 g/mol. The van der Waals surface area contributed by atoms with Crippen LogP contribution in [0.1, 0.15) is 11.1 Å². The molecule has 1 aromatic carbocycles. The number of benzene rings is 1. The molecule has 0 saturated heterocycles. The second kappa shape index (κ2) is 5.02. The molecule has 1 heterocycles. The van der Waals surface area contributed by atoms with Gasteiger partial charge in [-0.15, -0.1) is 0 Å². The fourth-order valence-electron chi connectivity index (χ4n) is 1.39. The van der Waals surface area contributed by atoms with Gasteiger partial charge in [-0.3, -0.25) is 0 Å². The van der Waals surface area contributed by atoms with Crippen molar-refractivity contribution in [1.82, 2.24) is 9.55 Å². The summed E-state index contributed by atoms with van der Waals surface area (Å²) in [5.41, 5.74) is 0.999. The van der Waals surface area contributed by atoms with Gasteiger partial charge in [-0.2, -0.15) is 5.26 Å². The van der Waals surface area contributed by atoms with Gasteiger partial charge in [-0.25, -0.2) is 9.37 Å². The number of hydrogen-bond acceptors (Lipinski definition) is 3. The van der Waals surface area contributed by atoms with Crippen molar-refractivity contribution in [2.75, 3.05) is 0 Å². The van der Waals surface area contributed by atoms with Gasteiger partial charge in [-0.1, -0.05) is 11.8 Å². The maximum Gasteiger partial charge on any atom is 0.167 e. The number of aryl methyl sites for hydroxylation is 1. The Kier molecular flexibility index (Phi) is 3.45. The Morgan fingerprint density at radius 2 is 2.35 bits per heavy atom. The molecule has 0 aliphatic rings. The van der Waals surface area contributed by atoms with Gasteiger partial charge >= 0.3 is 0 Å². The first-order valence-corrected chi connectivity index (χ1v) is 5.98. The number of hydrogen-bond donors (Lipinski definition) is 0. The van der Waals surface area contributed by atoms with Crippen molar-refractivity contribution in [3.63, 3.8) is 0 Å². The highest BCUT2D eigenvalue weighted by atomic mass is 32.2. The number of aromatic nitrogens is 2. The first-order chi connectivity index (χ1) is 8.20. The van der Waals surface area contributed by atoms with Crippen LogP contribution in [0, 0.1) is 17.1 Å². The van der Waals surface area contributed by atoms with Crippen LogP contribution in [0.4, 0.5) is 4.39 Å². The van der Waals surface area contributed by atoms with Crippen LogP contribution in [-0.2, 0) is 12.8 Å². The second-order valence-corrected chi connectivity index (χ2v) is 4.47. The van der Waals surface area contributed by atoms with Crippen LogP contribution >= 0.6 is 11.8 Å². The molecule has 0 atom stereocenters. The van der Waals surface area contributed by atoms with E-state index in [0.717, 1.165) is 5.16 Å². The van der Waals surface area contributed by atoms with Crippen molar-refractivity contribution in [2.45, 2.75) is 10.9 Å². The summed E-state index contributed by atoms with van der Waals surface area (Å²) in [6, 6.07) is 6.38. The standard InChI is InChI=1S/C12H10FN3S/c1-16-5-4-15-12(16)17-8-10-6-9(7-14)2-3-11(10)13/h2-6H,8H2,1H3. The molecule has 1 aromatic heterocycles. The summed E-state index contributed by atoms with van der Waals surface area (Å²) in [7, 11) is 1.89. The van der Waals surface area contributed by atoms with Gasteiger partial charge in [-0.05, 0) is 23.8 Å². The number of nitrogens with zero attached hydrogens (tertiary/aromatic N) is 3. The van der Waals surface area contributed by atoms with E-state index in [-0.39, 0.29) is 5.82 Å². The van der Waals surface area contributed by atoms with E-state index in [0.29, 0.717) is 16.9 Å². The number of nitriles is 1. The highest BCUT2D eigenvalue weighted by molar-refractivity contribution is 7.98. The molecule has 0 N–H and O–H groups in total. The zero-order chi connectivity index (χ0) is 12.3. The minimum absolute atomic E-state index is 0.286. The molecule has 0 aliphatic carbocycles. The quantitative estimate of drug-likeness (QED) is 0.783. The number of thioether (sulfide) groups is 1. The summed E-state index contributed by atoms with van der Waals surface area (Å²) in [6.07, 6.45) is 3.54. The number of rotatable bonds is 3. The third-order valence-electron chi connectivity index (χ3n) is 2.31. The largest absolute Gasteiger partial charge is 0.329 e. The van der Waals surface area contributed by atoms with Crippen molar-refractivity contribution in [2.24, 2.45) is 7.05 Å². The van der Waals surface area contributed by atoms with E-state index in [1.165, 1.54) is 23.9 Å². The maximum absolute atomic E-state index is 13.5. The lowest BCUT2D eigenvalue weighted by molar-refractivity contribution is 0.617. The van der Waals surface area contributed by atoms with Crippen molar-refractivity contribution in [3.8, 4) is 6.07 Å². The summed E-state index contributed by atoms with van der Waals surface area (Å²) in [5.74, 6) is 0.178. The zero-order valence-corrected chi connectivity index (χ0v) is 10.0. The summed E-state index contributed by atoms with van der Waals surface area (Å²) < 4.78 is 15.4. The lowest BCUT2D eigenvalue weighted by Crippen LogP contribution is -1.93. The Morgan fingerprint density at radius 1 is 1.53 bits per heavy atom. The molecule has 3 nitrogen and oxygen atoms in total. The van der Waals surface area contributed by atoms with Crippen molar-refractivity contribution in [1.29, 1.82) is 5.26 Å². The van der Waals surface area contributed by atoms with Crippen molar-refractivity contribution >= 4 is 11.8 Å². The minimum atomic E-state index is -0.286. The average molecular weight is 247 g/mol. The molecule has 2 rings (SSSR count). The molecule has 0 bridgehead atoms. The van der Waals surface area contributed by atoms with Crippen LogP contribution in [0.15, 0.2) is 35.7 Å². The first kappa shape index (κ1) is 11.7. The minimum Gasteiger partial charge on any atom is -0.329 e. The second-order valence-electron chi connectivity index (χ2n) is 3.53. The molecule has 0 radical (unpaired) electrons. The zero-order valence-electron chi connectivity index (χ0n) is 9.22. The van der Waals surface area contributed by atoms with E-state index in [2.05, 4.69) is 4.98 Å². The molecule has 2 aromatic rings. The predicted octanol–water partition coefficient (Wildman–Crippen LogP) is 2.72. The molecule has 0 fully saturated rings. The smallest absolute Gasteiger partial charge is 0.167 e. The molecule has 0 saturated carbocycles. The van der Waals surface area contributed by atoms with E-state index < -0.39 is 0 Å². The lowest BCUT2D eigenvalue weighted by Gasteiger charge is -2.03. The molecule has 86 valence electrons. The van der Waals surface area contributed by atoms with Gasteiger partial charge < -0.3 is 4.57 Å². The van der Waals surface area contributed by atoms with E-state index in [4.69, 9.17) is 5.26 Å². The van der Waals surface area contributed by atoms with Gasteiger partial charge in [0.15, 0.2) is 5.16 Å². The summed E-state index contributed by atoms with van der Waals surface area (Å²) in [5, 5.41) is 9.58. The number of imidazole rings is 1. The van der Waals surface area contributed by atoms with Crippen LogP contribution in [0.25, 0.3) is 0 Å². The Hall–Kier alpha value is -1.80. The van der Waals surface area contributed by atoms with Crippen LogP contribution < -0.4 is 0 Å². The molecule has 0 aliphatic heterocycles. The topological polar surface area (TPSA) is 41.6 Å². The van der Waals surface area contributed by atoms with Gasteiger partial charge in [0, 0.05) is 25.2 Å². The van der Waals surface area contributed by atoms with Gasteiger partial charge in [0.1, 0.15) is 5.82 Å². The maximum atomic E-state index is 13.5. The van der Waals surface area contributed by atoms with E-state index in [9.17, 15) is 4.39 Å². The molecule has 5 heteroatoms. The molecule has 0 amide bonds. The van der Waals surface area contributed by atoms with Crippen LogP contribution in [0.5, 0.6) is 0 Å². The Morgan fingerprint density at radius 3 is 3.00 bits per heavy atom. The molecule has 17 heavy (non-hydrogen) atoms. The predicted molar refractivity (Wildman–Crippen MR) is 63.9 cm³/mol. The molecular formula is C12H10FN3S. The first-order valence-electron chi connectivity index (χ1n) is 4.99. The monoisotopic (exact) mass is 247 g/mol. The highest BCUT2D eigenvalue weighted by Gasteiger charge is 2.06.